The predicted octanol–water partition coefficient (Wildman–Crippen LogP) is 3.04. The number of nitrogen functional groups attached to an aromatic ring is 1. The Kier molecular flexibility index (Phi) is 4.71. The summed E-state index contributed by atoms with van der Waals surface area (Å²) < 4.78 is 20.4. The molecule has 2 aliphatic rings. The number of imidazole rings is 1. The summed E-state index contributed by atoms with van der Waals surface area (Å²) in [5.41, 5.74) is 5.97. The van der Waals surface area contributed by atoms with E-state index in [1.807, 2.05) is 13.8 Å². The summed E-state index contributed by atoms with van der Waals surface area (Å²) in [7, 11) is 0. The third-order valence-corrected chi connectivity index (χ3v) is 6.49. The topological polar surface area (TPSA) is 118 Å². The first-order valence-corrected chi connectivity index (χ1v) is 10.5. The van der Waals surface area contributed by atoms with E-state index in [-0.39, 0.29) is 5.82 Å². The van der Waals surface area contributed by atoms with Crippen molar-refractivity contribution < 1.29 is 19.3 Å². The lowest BCUT2D eigenvalue weighted by Gasteiger charge is -2.34. The Morgan fingerprint density at radius 2 is 1.87 bits per heavy atom. The summed E-state index contributed by atoms with van der Waals surface area (Å²) >= 11 is 12.2. The van der Waals surface area contributed by atoms with Crippen molar-refractivity contribution in [1.82, 2.24) is 19.5 Å². The molecule has 5 rings (SSSR count). The maximum Gasteiger partial charge on any atom is 0.167 e. The summed E-state index contributed by atoms with van der Waals surface area (Å²) in [4.78, 5) is 12.6. The maximum absolute atomic E-state index is 11.6. The molecule has 5 atom stereocenters. The normalized spacial score (nSPS) is 29.2. The van der Waals surface area contributed by atoms with Crippen molar-refractivity contribution in [3.63, 3.8) is 0 Å². The smallest absolute Gasteiger partial charge is 0.167 e. The minimum Gasteiger partial charge on any atom is -0.383 e. The van der Waals surface area contributed by atoms with Crippen LogP contribution in [0.3, 0.4) is 0 Å². The van der Waals surface area contributed by atoms with E-state index >= 15 is 0 Å². The predicted molar refractivity (Wildman–Crippen MR) is 114 cm³/mol. The zero-order chi connectivity index (χ0) is 22.1. The Morgan fingerprint density at radius 1 is 1.13 bits per heavy atom. The van der Waals surface area contributed by atoms with Gasteiger partial charge in [0, 0.05) is 0 Å². The van der Waals surface area contributed by atoms with E-state index in [9.17, 15) is 5.11 Å². The lowest BCUT2D eigenvalue weighted by Crippen LogP contribution is -2.45. The first kappa shape index (κ1) is 20.9. The van der Waals surface area contributed by atoms with Gasteiger partial charge in [0.2, 0.25) is 0 Å². The number of halogens is 2. The SMILES string of the molecule is CC1(C)O[C@@H]2[C@H](O1)[C@@H]([C@](C)(O)c1ccc(Cl)c(Cl)c1)O[C@H]2n1cnc2c(N)ncnc21. The maximum atomic E-state index is 11.6. The van der Waals surface area contributed by atoms with Gasteiger partial charge in [0.25, 0.3) is 0 Å². The lowest BCUT2D eigenvalue weighted by atomic mass is 9.87. The van der Waals surface area contributed by atoms with Crippen LogP contribution in [0.15, 0.2) is 30.9 Å². The van der Waals surface area contributed by atoms with Crippen molar-refractivity contribution >= 4 is 40.2 Å². The zero-order valence-corrected chi connectivity index (χ0v) is 18.5. The second-order valence-electron chi connectivity index (χ2n) is 8.37. The van der Waals surface area contributed by atoms with Crippen molar-refractivity contribution in [2.45, 2.75) is 56.7 Å². The minimum absolute atomic E-state index is 0.265. The highest BCUT2D eigenvalue weighted by molar-refractivity contribution is 6.42. The summed E-state index contributed by atoms with van der Waals surface area (Å²) in [6.45, 7) is 5.29. The van der Waals surface area contributed by atoms with Gasteiger partial charge in [0.1, 0.15) is 35.8 Å². The molecule has 0 bridgehead atoms. The number of fused-ring (bicyclic) bond motifs is 2. The van der Waals surface area contributed by atoms with Gasteiger partial charge in [-0.1, -0.05) is 29.3 Å². The van der Waals surface area contributed by atoms with Crippen LogP contribution in [0.4, 0.5) is 5.82 Å². The number of hydrogen-bond donors (Lipinski definition) is 2. The third kappa shape index (κ3) is 3.27. The number of hydrogen-bond acceptors (Lipinski definition) is 8. The molecule has 164 valence electrons. The molecule has 2 aliphatic heterocycles. The second-order valence-corrected chi connectivity index (χ2v) is 9.19. The lowest BCUT2D eigenvalue weighted by molar-refractivity contribution is -0.221. The highest BCUT2D eigenvalue weighted by atomic mass is 35.5. The Labute approximate surface area is 188 Å². The van der Waals surface area contributed by atoms with E-state index in [0.29, 0.717) is 26.8 Å². The van der Waals surface area contributed by atoms with Gasteiger partial charge in [-0.2, -0.15) is 0 Å². The zero-order valence-electron chi connectivity index (χ0n) is 17.0. The molecule has 4 heterocycles. The van der Waals surface area contributed by atoms with Crippen molar-refractivity contribution in [1.29, 1.82) is 0 Å². The molecule has 0 saturated carbocycles. The van der Waals surface area contributed by atoms with Crippen LogP contribution in [-0.2, 0) is 19.8 Å². The Morgan fingerprint density at radius 3 is 2.61 bits per heavy atom. The fraction of sp³-hybridized carbons (Fsp3) is 0.450. The van der Waals surface area contributed by atoms with E-state index in [0.717, 1.165) is 0 Å². The van der Waals surface area contributed by atoms with Gasteiger partial charge in [-0.25, -0.2) is 15.0 Å². The van der Waals surface area contributed by atoms with Gasteiger partial charge in [-0.3, -0.25) is 4.57 Å². The Bertz CT molecular complexity index is 1170. The van der Waals surface area contributed by atoms with Crippen molar-refractivity contribution in [2.75, 3.05) is 5.73 Å². The molecule has 31 heavy (non-hydrogen) atoms. The van der Waals surface area contributed by atoms with Crippen LogP contribution in [0, 0.1) is 0 Å². The first-order chi connectivity index (χ1) is 14.6. The Hall–Kier alpha value is -2.01. The molecular formula is C20H21Cl2N5O4. The second kappa shape index (κ2) is 6.99. The molecule has 0 radical (unpaired) electrons. The monoisotopic (exact) mass is 465 g/mol. The van der Waals surface area contributed by atoms with Gasteiger partial charge in [-0.15, -0.1) is 0 Å². The van der Waals surface area contributed by atoms with E-state index in [1.165, 1.54) is 6.33 Å². The number of benzene rings is 1. The molecule has 0 aliphatic carbocycles. The van der Waals surface area contributed by atoms with Crippen LogP contribution in [0.1, 0.15) is 32.6 Å². The minimum atomic E-state index is -1.46. The molecule has 2 saturated heterocycles. The molecule has 3 aromatic rings. The molecule has 3 N–H and O–H groups in total. The van der Waals surface area contributed by atoms with E-state index in [4.69, 9.17) is 43.1 Å². The molecular weight excluding hydrogens is 445 g/mol. The molecule has 11 heteroatoms. The molecule has 2 fully saturated rings. The van der Waals surface area contributed by atoms with Crippen LogP contribution in [0.2, 0.25) is 10.0 Å². The molecule has 0 spiro atoms. The number of rotatable bonds is 3. The van der Waals surface area contributed by atoms with Gasteiger partial charge in [0.15, 0.2) is 23.5 Å². The quantitative estimate of drug-likeness (QED) is 0.605. The average molecular weight is 466 g/mol. The molecule has 0 unspecified atom stereocenters. The van der Waals surface area contributed by atoms with Crippen LogP contribution in [0.5, 0.6) is 0 Å². The fourth-order valence-corrected chi connectivity index (χ4v) is 4.58. The number of ether oxygens (including phenoxy) is 3. The van der Waals surface area contributed by atoms with Crippen molar-refractivity contribution in [3.8, 4) is 0 Å². The van der Waals surface area contributed by atoms with Crippen LogP contribution in [0.25, 0.3) is 11.2 Å². The summed E-state index contributed by atoms with van der Waals surface area (Å²) in [6, 6.07) is 4.97. The van der Waals surface area contributed by atoms with Gasteiger partial charge in [-0.05, 0) is 38.5 Å². The summed E-state index contributed by atoms with van der Waals surface area (Å²) in [5.74, 6) is -0.602. The molecule has 9 nitrogen and oxygen atoms in total. The van der Waals surface area contributed by atoms with Crippen LogP contribution >= 0.6 is 23.2 Å². The number of anilines is 1. The average Bonchev–Trinajstić information content (AvgIpc) is 3.35. The molecule has 0 amide bonds. The van der Waals surface area contributed by atoms with Gasteiger partial charge < -0.3 is 25.1 Å². The number of nitrogens with zero attached hydrogens (tertiary/aromatic N) is 4. The highest BCUT2D eigenvalue weighted by Gasteiger charge is 2.60. The van der Waals surface area contributed by atoms with Crippen LogP contribution in [-0.4, -0.2) is 48.7 Å². The number of nitrogens with two attached hydrogens (primary N) is 1. The van der Waals surface area contributed by atoms with Crippen molar-refractivity contribution in [3.05, 3.63) is 46.5 Å². The molecule has 2 aromatic heterocycles. The van der Waals surface area contributed by atoms with E-state index in [1.54, 1.807) is 36.0 Å². The van der Waals surface area contributed by atoms with Crippen LogP contribution < -0.4 is 5.73 Å². The standard InChI is InChI=1S/C20H21Cl2N5O4/c1-19(2)30-13-14(31-19)18(27-8-26-12-16(23)24-7-25-17(12)27)29-15(13)20(3,28)9-4-5-10(21)11(22)6-9/h4-8,13-15,18,28H,1-3H3,(H2,23,24,25)/t13-,14+,15-,18+,20+/m0/s1. The fourth-order valence-electron chi connectivity index (χ4n) is 4.28. The Balaban J connectivity index is 1.58. The van der Waals surface area contributed by atoms with Gasteiger partial charge >= 0.3 is 0 Å². The third-order valence-electron chi connectivity index (χ3n) is 5.75. The summed E-state index contributed by atoms with van der Waals surface area (Å²) in [6.07, 6.45) is 0.400. The highest BCUT2D eigenvalue weighted by Crippen LogP contribution is 2.49. The first-order valence-electron chi connectivity index (χ1n) is 9.70. The summed E-state index contributed by atoms with van der Waals surface area (Å²) in [5, 5.41) is 12.3. The number of aromatic nitrogens is 4. The van der Waals surface area contributed by atoms with E-state index in [2.05, 4.69) is 15.0 Å². The largest absolute Gasteiger partial charge is 0.383 e. The van der Waals surface area contributed by atoms with Gasteiger partial charge in [0.05, 0.1) is 16.4 Å². The number of aliphatic hydroxyl groups is 1. The van der Waals surface area contributed by atoms with Crippen molar-refractivity contribution in [2.24, 2.45) is 0 Å². The van der Waals surface area contributed by atoms with E-state index < -0.39 is 35.9 Å². The molecule has 1 aromatic carbocycles.